The Morgan fingerprint density at radius 2 is 2.21 bits per heavy atom. The zero-order chi connectivity index (χ0) is 13.2. The lowest BCUT2D eigenvalue weighted by Crippen LogP contribution is -2.55. The van der Waals surface area contributed by atoms with E-state index in [1.165, 1.54) is 25.8 Å². The minimum absolute atomic E-state index is 0.408. The van der Waals surface area contributed by atoms with Crippen LogP contribution in [-0.2, 0) is 0 Å². The number of hydrogen-bond acceptors (Lipinski definition) is 6. The van der Waals surface area contributed by atoms with Crippen molar-refractivity contribution in [2.45, 2.75) is 25.3 Å². The number of halogens is 1. The molecule has 0 spiro atoms. The van der Waals surface area contributed by atoms with E-state index < -0.39 is 0 Å². The Hall–Kier alpha value is -1.11. The minimum Gasteiger partial charge on any atom is -0.352 e. The second-order valence-corrected chi connectivity index (χ2v) is 5.55. The van der Waals surface area contributed by atoms with E-state index in [9.17, 15) is 0 Å². The number of fused-ring (bicyclic) bond motifs is 1. The lowest BCUT2D eigenvalue weighted by atomic mass is 9.99. The van der Waals surface area contributed by atoms with Crippen molar-refractivity contribution in [1.82, 2.24) is 14.9 Å². The highest BCUT2D eigenvalue weighted by atomic mass is 35.5. The van der Waals surface area contributed by atoms with Gasteiger partial charge in [0.2, 0.25) is 5.95 Å². The fourth-order valence-electron chi connectivity index (χ4n) is 3.00. The summed E-state index contributed by atoms with van der Waals surface area (Å²) in [6, 6.07) is 0.628. The molecule has 3 rings (SSSR count). The molecule has 104 valence electrons. The number of aromatic nitrogens is 2. The van der Waals surface area contributed by atoms with Crippen molar-refractivity contribution in [2.24, 2.45) is 5.84 Å². The molecule has 1 aromatic rings. The molecule has 1 atom stereocenters. The summed E-state index contributed by atoms with van der Waals surface area (Å²) >= 11 is 6.21. The number of hydrogen-bond donors (Lipinski definition) is 2. The maximum absolute atomic E-state index is 6.21. The van der Waals surface area contributed by atoms with E-state index in [2.05, 4.69) is 25.2 Å². The predicted molar refractivity (Wildman–Crippen MR) is 76.3 cm³/mol. The van der Waals surface area contributed by atoms with Gasteiger partial charge < -0.3 is 4.90 Å². The first-order valence-corrected chi connectivity index (χ1v) is 7.14. The molecular formula is C12H19ClN6. The van der Waals surface area contributed by atoms with Gasteiger partial charge >= 0.3 is 0 Å². The van der Waals surface area contributed by atoms with Gasteiger partial charge in [-0.2, -0.15) is 4.98 Å². The monoisotopic (exact) mass is 282 g/mol. The summed E-state index contributed by atoms with van der Waals surface area (Å²) in [5, 5.41) is 0.586. The molecule has 0 aromatic carbocycles. The van der Waals surface area contributed by atoms with Gasteiger partial charge in [0.1, 0.15) is 5.02 Å². The van der Waals surface area contributed by atoms with Gasteiger partial charge in [0.05, 0.1) is 6.20 Å². The molecule has 1 unspecified atom stereocenters. The number of anilines is 2. The number of nitrogen functional groups attached to an aromatic ring is 1. The molecule has 2 saturated heterocycles. The lowest BCUT2D eigenvalue weighted by molar-refractivity contribution is 0.133. The van der Waals surface area contributed by atoms with E-state index in [1.807, 2.05) is 0 Å². The maximum Gasteiger partial charge on any atom is 0.239 e. The maximum atomic E-state index is 6.21. The average Bonchev–Trinajstić information content (AvgIpc) is 2.47. The van der Waals surface area contributed by atoms with Gasteiger partial charge in [-0.25, -0.2) is 10.8 Å². The van der Waals surface area contributed by atoms with Gasteiger partial charge in [-0.05, 0) is 19.4 Å². The van der Waals surface area contributed by atoms with Crippen molar-refractivity contribution in [3.05, 3.63) is 11.2 Å². The standard InChI is InChI=1S/C12H19ClN6/c13-10-7-15-12(17-14)16-11(10)19-6-5-18-4-2-1-3-9(18)8-19/h7,9H,1-6,8,14H2,(H,15,16,17). The largest absolute Gasteiger partial charge is 0.352 e. The van der Waals surface area contributed by atoms with Crippen LogP contribution in [0.1, 0.15) is 19.3 Å². The highest BCUT2D eigenvalue weighted by Crippen LogP contribution is 2.28. The Balaban J connectivity index is 1.79. The van der Waals surface area contributed by atoms with Gasteiger partial charge in [0, 0.05) is 25.7 Å². The summed E-state index contributed by atoms with van der Waals surface area (Å²) in [6.07, 6.45) is 5.52. The molecule has 1 aromatic heterocycles. The van der Waals surface area contributed by atoms with Crippen molar-refractivity contribution in [1.29, 1.82) is 0 Å². The Morgan fingerprint density at radius 3 is 3.05 bits per heavy atom. The Morgan fingerprint density at radius 1 is 1.32 bits per heavy atom. The zero-order valence-corrected chi connectivity index (χ0v) is 11.6. The number of nitrogens with zero attached hydrogens (tertiary/aromatic N) is 4. The SMILES string of the molecule is NNc1ncc(Cl)c(N2CCN3CCCCC3C2)n1. The van der Waals surface area contributed by atoms with Crippen molar-refractivity contribution < 1.29 is 0 Å². The summed E-state index contributed by atoms with van der Waals surface area (Å²) in [4.78, 5) is 13.2. The molecule has 19 heavy (non-hydrogen) atoms. The summed E-state index contributed by atoms with van der Waals surface area (Å²) in [5.41, 5.74) is 2.47. The number of piperidine rings is 1. The molecule has 2 aliphatic rings. The van der Waals surface area contributed by atoms with Crippen LogP contribution in [0.5, 0.6) is 0 Å². The summed E-state index contributed by atoms with van der Waals surface area (Å²) in [5.74, 6) is 6.55. The lowest BCUT2D eigenvalue weighted by Gasteiger charge is -2.44. The summed E-state index contributed by atoms with van der Waals surface area (Å²) in [6.45, 7) is 4.25. The van der Waals surface area contributed by atoms with Crippen molar-refractivity contribution >= 4 is 23.4 Å². The molecule has 7 heteroatoms. The molecule has 2 fully saturated rings. The van der Waals surface area contributed by atoms with Gasteiger partial charge in [-0.1, -0.05) is 18.0 Å². The third-order valence-electron chi connectivity index (χ3n) is 3.99. The topological polar surface area (TPSA) is 70.3 Å². The molecule has 3 N–H and O–H groups in total. The first-order chi connectivity index (χ1) is 9.28. The number of nitrogens with two attached hydrogens (primary N) is 1. The summed E-state index contributed by atoms with van der Waals surface area (Å²) < 4.78 is 0. The number of nitrogens with one attached hydrogen (secondary N) is 1. The molecule has 0 amide bonds. The third-order valence-corrected chi connectivity index (χ3v) is 4.26. The number of hydrazine groups is 1. The Labute approximate surface area is 117 Å². The predicted octanol–water partition coefficient (Wildman–Crippen LogP) is 1.09. The molecular weight excluding hydrogens is 264 g/mol. The van der Waals surface area contributed by atoms with Crippen LogP contribution in [-0.4, -0.2) is 47.1 Å². The first kappa shape index (κ1) is 12.9. The molecule has 0 bridgehead atoms. The minimum atomic E-state index is 0.408. The average molecular weight is 283 g/mol. The van der Waals surface area contributed by atoms with Crippen molar-refractivity contribution in [3.8, 4) is 0 Å². The fourth-order valence-corrected chi connectivity index (χ4v) is 3.21. The highest BCUT2D eigenvalue weighted by Gasteiger charge is 2.30. The fraction of sp³-hybridized carbons (Fsp3) is 0.667. The van der Waals surface area contributed by atoms with Crippen LogP contribution >= 0.6 is 11.6 Å². The van der Waals surface area contributed by atoms with Gasteiger partial charge in [-0.15, -0.1) is 0 Å². The normalized spacial score (nSPS) is 24.1. The quantitative estimate of drug-likeness (QED) is 0.625. The Bertz CT molecular complexity index is 454. The molecule has 2 aliphatic heterocycles. The highest BCUT2D eigenvalue weighted by molar-refractivity contribution is 6.32. The van der Waals surface area contributed by atoms with Crippen LogP contribution in [0.4, 0.5) is 11.8 Å². The molecule has 3 heterocycles. The van der Waals surface area contributed by atoms with Crippen LogP contribution < -0.4 is 16.2 Å². The van der Waals surface area contributed by atoms with Gasteiger partial charge in [-0.3, -0.25) is 10.3 Å². The Kier molecular flexibility index (Phi) is 3.72. The van der Waals surface area contributed by atoms with Crippen molar-refractivity contribution in [2.75, 3.05) is 36.5 Å². The molecule has 0 saturated carbocycles. The molecule has 0 aliphatic carbocycles. The number of piperazine rings is 1. The van der Waals surface area contributed by atoms with Crippen molar-refractivity contribution in [3.63, 3.8) is 0 Å². The van der Waals surface area contributed by atoms with Crippen LogP contribution in [0.2, 0.25) is 5.02 Å². The second kappa shape index (κ2) is 5.48. The van der Waals surface area contributed by atoms with E-state index in [4.69, 9.17) is 17.4 Å². The van der Waals surface area contributed by atoms with Gasteiger partial charge in [0.25, 0.3) is 0 Å². The van der Waals surface area contributed by atoms with E-state index >= 15 is 0 Å². The molecule has 0 radical (unpaired) electrons. The summed E-state index contributed by atoms with van der Waals surface area (Å²) in [7, 11) is 0. The van der Waals surface area contributed by atoms with Crippen LogP contribution in [0.15, 0.2) is 6.20 Å². The molecule has 6 nitrogen and oxygen atoms in total. The van der Waals surface area contributed by atoms with E-state index in [1.54, 1.807) is 6.20 Å². The third kappa shape index (κ3) is 2.61. The van der Waals surface area contributed by atoms with Crippen LogP contribution in [0, 0.1) is 0 Å². The second-order valence-electron chi connectivity index (χ2n) is 5.14. The number of rotatable bonds is 2. The first-order valence-electron chi connectivity index (χ1n) is 6.76. The van der Waals surface area contributed by atoms with E-state index in [0.717, 1.165) is 25.5 Å². The van der Waals surface area contributed by atoms with E-state index in [0.29, 0.717) is 17.0 Å². The zero-order valence-electron chi connectivity index (χ0n) is 10.8. The smallest absolute Gasteiger partial charge is 0.239 e. The van der Waals surface area contributed by atoms with Crippen LogP contribution in [0.25, 0.3) is 0 Å². The van der Waals surface area contributed by atoms with Crippen LogP contribution in [0.3, 0.4) is 0 Å². The van der Waals surface area contributed by atoms with E-state index in [-0.39, 0.29) is 0 Å². The van der Waals surface area contributed by atoms with Gasteiger partial charge in [0.15, 0.2) is 5.82 Å².